The van der Waals surface area contributed by atoms with Crippen LogP contribution in [-0.4, -0.2) is 38.4 Å². The Bertz CT molecular complexity index is 962. The van der Waals surface area contributed by atoms with Crippen LogP contribution < -0.4 is 0 Å². The lowest BCUT2D eigenvalue weighted by Gasteiger charge is -2.55. The van der Waals surface area contributed by atoms with E-state index < -0.39 is 17.3 Å². The molecule has 13 atom stereocenters. The minimum absolute atomic E-state index is 0. The predicted molar refractivity (Wildman–Crippen MR) is 238 cm³/mol. The lowest BCUT2D eigenvalue weighted by molar-refractivity contribution is -0.185. The van der Waals surface area contributed by atoms with Gasteiger partial charge >= 0.3 is 0 Å². The van der Waals surface area contributed by atoms with Crippen molar-refractivity contribution in [1.82, 2.24) is 0 Å². The first-order valence-electron chi connectivity index (χ1n) is 22.6. The van der Waals surface area contributed by atoms with Gasteiger partial charge in [0.25, 0.3) is 0 Å². The third kappa shape index (κ3) is 13.8. The molecule has 10 unspecified atom stereocenters. The summed E-state index contributed by atoms with van der Waals surface area (Å²) in [5, 5.41) is 32.1. The van der Waals surface area contributed by atoms with Crippen LogP contribution in [-0.2, 0) is 4.79 Å². The molecule has 3 N–H and O–H groups in total. The number of aliphatic hydroxyl groups is 3. The Hall–Kier alpha value is -0.450. The lowest BCUT2D eigenvalue weighted by Crippen LogP contribution is -2.59. The van der Waals surface area contributed by atoms with Crippen LogP contribution in [0.15, 0.2) is 0 Å². The van der Waals surface area contributed by atoms with Crippen LogP contribution >= 0.6 is 0 Å². The van der Waals surface area contributed by atoms with Crippen molar-refractivity contribution in [2.75, 3.05) is 0 Å². The molecule has 0 aromatic rings. The number of rotatable bonds is 13. The highest BCUT2D eigenvalue weighted by molar-refractivity contribution is 5.78. The molecule has 2 saturated carbocycles. The summed E-state index contributed by atoms with van der Waals surface area (Å²) >= 11 is 0. The Kier molecular flexibility index (Phi) is 23.9. The number of hydrogen-bond donors (Lipinski definition) is 3. The molecule has 2 fully saturated rings. The molecule has 0 spiro atoms. The molecule has 0 bridgehead atoms. The molecule has 4 heteroatoms. The summed E-state index contributed by atoms with van der Waals surface area (Å²) < 4.78 is 0. The highest BCUT2D eigenvalue weighted by atomic mass is 16.3. The van der Waals surface area contributed by atoms with E-state index in [9.17, 15) is 20.1 Å². The Labute approximate surface area is 340 Å². The van der Waals surface area contributed by atoms with Gasteiger partial charge < -0.3 is 15.3 Å². The van der Waals surface area contributed by atoms with Crippen molar-refractivity contribution in [3.63, 3.8) is 0 Å². The van der Waals surface area contributed by atoms with E-state index in [4.69, 9.17) is 0 Å². The fourth-order valence-electron chi connectivity index (χ4n) is 12.4. The number of hydrogen-bond acceptors (Lipinski definition) is 4. The first-order chi connectivity index (χ1) is 23.9. The molecule has 0 aromatic heterocycles. The first-order valence-corrected chi connectivity index (χ1v) is 22.6. The Morgan fingerprint density at radius 2 is 0.963 bits per heavy atom. The van der Waals surface area contributed by atoms with Gasteiger partial charge in [-0.05, 0) is 140 Å². The van der Waals surface area contributed by atoms with Crippen LogP contribution in [0.2, 0.25) is 0 Å². The highest BCUT2D eigenvalue weighted by Crippen LogP contribution is 2.53. The summed E-state index contributed by atoms with van der Waals surface area (Å²) in [5.74, 6) is 10.3. The van der Waals surface area contributed by atoms with Crippen LogP contribution in [0.25, 0.3) is 0 Å². The predicted octanol–water partition coefficient (Wildman–Crippen LogP) is 13.4. The van der Waals surface area contributed by atoms with Crippen molar-refractivity contribution in [3.8, 4) is 0 Å². The molecule has 0 heterocycles. The van der Waals surface area contributed by atoms with E-state index in [-0.39, 0.29) is 19.3 Å². The fourth-order valence-corrected chi connectivity index (χ4v) is 12.4. The maximum atomic E-state index is 12.0. The van der Waals surface area contributed by atoms with Crippen molar-refractivity contribution in [2.24, 2.45) is 112 Å². The van der Waals surface area contributed by atoms with Gasteiger partial charge in [0, 0.05) is 5.92 Å². The minimum atomic E-state index is -0.950. The second-order valence-corrected chi connectivity index (χ2v) is 21.9. The van der Waals surface area contributed by atoms with Gasteiger partial charge in [-0.15, -0.1) is 0 Å². The largest absolute Gasteiger partial charge is 0.390 e. The topological polar surface area (TPSA) is 77.8 Å². The SMILES string of the molecule is C.CC(C)C1C(C(C)C)C(C)(O)C(C)C[C@@H]1C(C)C.CC(C)C1C(C(C)C)C(C)(O)C(O)C[C@@H]1C(C)C.CC[C@H](C(C)C)C(C(C)C)C(C(C)=O)C(C)C. The van der Waals surface area contributed by atoms with Crippen molar-refractivity contribution in [3.05, 3.63) is 0 Å². The molecular formula is C50H102O4. The van der Waals surface area contributed by atoms with E-state index in [0.29, 0.717) is 94.6 Å². The lowest BCUT2D eigenvalue weighted by atomic mass is 9.53. The van der Waals surface area contributed by atoms with Gasteiger partial charge in [0.1, 0.15) is 5.78 Å². The summed E-state index contributed by atoms with van der Waals surface area (Å²) in [6, 6.07) is 0. The molecule has 0 aliphatic heterocycles. The molecule has 0 radical (unpaired) electrons. The molecular weight excluding hydrogens is 665 g/mol. The van der Waals surface area contributed by atoms with Gasteiger partial charge in [-0.25, -0.2) is 0 Å². The minimum Gasteiger partial charge on any atom is -0.390 e. The second kappa shape index (κ2) is 23.2. The Morgan fingerprint density at radius 3 is 1.22 bits per heavy atom. The van der Waals surface area contributed by atoms with Crippen LogP contribution in [0.3, 0.4) is 0 Å². The Balaban J connectivity index is 0. The Morgan fingerprint density at radius 1 is 0.593 bits per heavy atom. The van der Waals surface area contributed by atoms with Crippen molar-refractivity contribution >= 4 is 5.78 Å². The van der Waals surface area contributed by atoms with Gasteiger partial charge in [0.05, 0.1) is 17.3 Å². The van der Waals surface area contributed by atoms with E-state index in [2.05, 4.69) is 145 Å². The molecule has 0 amide bonds. The normalized spacial score (nSPS) is 33.5. The third-order valence-electron chi connectivity index (χ3n) is 14.8. The van der Waals surface area contributed by atoms with Crippen molar-refractivity contribution in [1.29, 1.82) is 0 Å². The summed E-state index contributed by atoms with van der Waals surface area (Å²) in [5.41, 5.74) is -1.46. The van der Waals surface area contributed by atoms with Crippen molar-refractivity contribution in [2.45, 2.75) is 203 Å². The van der Waals surface area contributed by atoms with E-state index in [0.717, 1.165) is 18.3 Å². The maximum absolute atomic E-state index is 12.0. The van der Waals surface area contributed by atoms with E-state index in [1.54, 1.807) is 6.92 Å². The van der Waals surface area contributed by atoms with Gasteiger partial charge in [-0.3, -0.25) is 4.79 Å². The van der Waals surface area contributed by atoms with Gasteiger partial charge in [-0.1, -0.05) is 152 Å². The smallest absolute Gasteiger partial charge is 0.133 e. The zero-order chi connectivity index (χ0) is 42.2. The standard InChI is InChI=1S/C17H34O.C16H32O2.C16H32O.CH4/c1-10(2)14-9-13(7)17(8,18)16(12(5)6)15(14)11(3)4;1-9(2)12-8-13(17)16(7,18)15(11(5)6)14(12)10(3)4;1-9-14(10(2)3)16(12(6)7)15(11(4)5)13(8)17;/h10-16,18H,9H2,1-8H3;9-15,17-18H,8H2,1-7H3;10-12,14-16H,9H2,1-8H3;1H4/t13?,14-,15?,16?,17?;12-,13?,14?,15?,16?;14-,15?,16?;/m111./s1. The summed E-state index contributed by atoms with van der Waals surface area (Å²) in [7, 11) is 0. The molecule has 0 aromatic carbocycles. The third-order valence-corrected chi connectivity index (χ3v) is 14.8. The number of aliphatic hydroxyl groups excluding tert-OH is 1. The molecule has 2 rings (SSSR count). The first kappa shape index (κ1) is 55.6. The molecule has 326 valence electrons. The average Bonchev–Trinajstić information content (AvgIpc) is 2.97. The summed E-state index contributed by atoms with van der Waals surface area (Å²) in [4.78, 5) is 12.0. The molecule has 2 aliphatic rings. The van der Waals surface area contributed by atoms with Crippen molar-refractivity contribution < 1.29 is 20.1 Å². The zero-order valence-corrected chi connectivity index (χ0v) is 39.9. The van der Waals surface area contributed by atoms with Gasteiger partial charge in [0.2, 0.25) is 0 Å². The number of ketones is 1. The van der Waals surface area contributed by atoms with Crippen LogP contribution in [0, 0.1) is 112 Å². The molecule has 54 heavy (non-hydrogen) atoms. The van der Waals surface area contributed by atoms with E-state index >= 15 is 0 Å². The zero-order valence-electron chi connectivity index (χ0n) is 39.9. The van der Waals surface area contributed by atoms with Crippen LogP contribution in [0.5, 0.6) is 0 Å². The second-order valence-electron chi connectivity index (χ2n) is 21.9. The number of carbonyl (C=O) groups is 1. The quantitative estimate of drug-likeness (QED) is 0.174. The van der Waals surface area contributed by atoms with Gasteiger partial charge in [-0.2, -0.15) is 0 Å². The monoisotopic (exact) mass is 767 g/mol. The molecule has 4 nitrogen and oxygen atoms in total. The fraction of sp³-hybridized carbons (Fsp3) is 0.980. The van der Waals surface area contributed by atoms with Crippen LogP contribution in [0.1, 0.15) is 186 Å². The number of carbonyl (C=O) groups excluding carboxylic acids is 1. The maximum Gasteiger partial charge on any atom is 0.133 e. The molecule has 2 aliphatic carbocycles. The highest BCUT2D eigenvalue weighted by Gasteiger charge is 2.54. The summed E-state index contributed by atoms with van der Waals surface area (Å²) in [6.45, 7) is 50.9. The van der Waals surface area contributed by atoms with E-state index in [1.807, 2.05) is 6.92 Å². The summed E-state index contributed by atoms with van der Waals surface area (Å²) in [6.07, 6.45) is 2.50. The number of Topliss-reactive ketones (excluding diaryl/α,β-unsaturated/α-hetero) is 1. The average molecular weight is 767 g/mol. The molecule has 0 saturated heterocycles. The van der Waals surface area contributed by atoms with Crippen LogP contribution in [0.4, 0.5) is 0 Å². The van der Waals surface area contributed by atoms with E-state index in [1.165, 1.54) is 12.8 Å². The van der Waals surface area contributed by atoms with Gasteiger partial charge in [0.15, 0.2) is 0 Å².